The second-order valence-corrected chi connectivity index (χ2v) is 3.80. The van der Waals surface area contributed by atoms with E-state index in [0.717, 1.165) is 0 Å². The third-order valence-electron chi connectivity index (χ3n) is 2.56. The third-order valence-corrected chi connectivity index (χ3v) is 2.56. The van der Waals surface area contributed by atoms with Crippen molar-refractivity contribution in [3.05, 3.63) is 24.0 Å². The Morgan fingerprint density at radius 3 is 2.67 bits per heavy atom. The largest absolute Gasteiger partial charge is 0.387 e. The van der Waals surface area contributed by atoms with Gasteiger partial charge in [-0.2, -0.15) is 0 Å². The molecule has 94 valence electrons. The summed E-state index contributed by atoms with van der Waals surface area (Å²) in [6.07, 6.45) is 2.96. The number of rotatable bonds is 2. The van der Waals surface area contributed by atoms with Crippen molar-refractivity contribution < 1.29 is 14.4 Å². The number of hydrogen-bond donors (Lipinski definition) is 2. The highest BCUT2D eigenvalue weighted by molar-refractivity contribution is 6.07. The van der Waals surface area contributed by atoms with E-state index in [1.165, 1.54) is 11.1 Å². The number of carbonyl (C=O) groups is 3. The first-order valence-corrected chi connectivity index (χ1v) is 5.35. The van der Waals surface area contributed by atoms with Crippen molar-refractivity contribution in [3.63, 3.8) is 0 Å². The predicted octanol–water partition coefficient (Wildman–Crippen LogP) is -0.778. The molecule has 0 aliphatic carbocycles. The molecule has 18 heavy (non-hydrogen) atoms. The van der Waals surface area contributed by atoms with Crippen LogP contribution in [0.3, 0.4) is 0 Å². The highest BCUT2D eigenvalue weighted by Gasteiger charge is 2.28. The molecule has 1 aromatic heterocycles. The molecule has 1 aromatic rings. The first kappa shape index (κ1) is 12.0. The second kappa shape index (κ2) is 4.82. The number of hydrogen-bond acceptors (Lipinski definition) is 5. The molecule has 0 saturated carbocycles. The highest BCUT2D eigenvalue weighted by atomic mass is 16.2. The maximum absolute atomic E-state index is 12.2. The smallest absolute Gasteiger partial charge is 0.258 e. The summed E-state index contributed by atoms with van der Waals surface area (Å²) in [6.45, 7) is -0.245. The van der Waals surface area contributed by atoms with Crippen LogP contribution in [0.15, 0.2) is 18.5 Å². The van der Waals surface area contributed by atoms with Gasteiger partial charge in [0.25, 0.3) is 5.91 Å². The fraction of sp³-hybridized carbons (Fsp3) is 0.273. The summed E-state index contributed by atoms with van der Waals surface area (Å²) in [7, 11) is 1.68. The molecule has 1 aliphatic rings. The van der Waals surface area contributed by atoms with Gasteiger partial charge in [0.05, 0.1) is 5.56 Å². The molecule has 0 radical (unpaired) electrons. The molecule has 7 nitrogen and oxygen atoms in total. The Hall–Kier alpha value is -2.44. The zero-order chi connectivity index (χ0) is 13.1. The van der Waals surface area contributed by atoms with E-state index in [-0.39, 0.29) is 13.1 Å². The molecule has 1 saturated heterocycles. The average Bonchev–Trinajstić information content (AvgIpc) is 2.36. The van der Waals surface area contributed by atoms with Crippen molar-refractivity contribution in [1.82, 2.24) is 15.2 Å². The monoisotopic (exact) mass is 248 g/mol. The summed E-state index contributed by atoms with van der Waals surface area (Å²) in [5.74, 6) is -1.35. The molecule has 0 atom stereocenters. The predicted molar refractivity (Wildman–Crippen MR) is 62.8 cm³/mol. The number of nitrogens with zero attached hydrogens (tertiary/aromatic N) is 2. The SMILES string of the molecule is CNc1ccncc1C(=O)N1CC(=O)NC(=O)C1. The lowest BCUT2D eigenvalue weighted by Gasteiger charge is -2.26. The molecule has 1 aliphatic heterocycles. The molecule has 1 fully saturated rings. The molecule has 0 unspecified atom stereocenters. The Morgan fingerprint density at radius 1 is 1.39 bits per heavy atom. The van der Waals surface area contributed by atoms with Crippen molar-refractivity contribution in [1.29, 1.82) is 0 Å². The number of nitrogens with one attached hydrogen (secondary N) is 2. The standard InChI is InChI=1S/C11H12N4O3/c1-12-8-2-3-13-4-7(8)11(18)15-5-9(16)14-10(17)6-15/h2-4H,5-6H2,1H3,(H,12,13)(H,14,16,17). The van der Waals surface area contributed by atoms with Crippen molar-refractivity contribution in [2.75, 3.05) is 25.5 Å². The van der Waals surface area contributed by atoms with E-state index in [0.29, 0.717) is 11.3 Å². The quantitative estimate of drug-likeness (QED) is 0.670. The van der Waals surface area contributed by atoms with Crippen LogP contribution >= 0.6 is 0 Å². The summed E-state index contributed by atoms with van der Waals surface area (Å²) in [6, 6.07) is 1.65. The van der Waals surface area contributed by atoms with Gasteiger partial charge in [-0.1, -0.05) is 0 Å². The number of anilines is 1. The van der Waals surface area contributed by atoms with Gasteiger partial charge in [-0.15, -0.1) is 0 Å². The zero-order valence-electron chi connectivity index (χ0n) is 9.77. The van der Waals surface area contributed by atoms with Crippen LogP contribution in [-0.2, 0) is 9.59 Å². The molecule has 2 heterocycles. The lowest BCUT2D eigenvalue weighted by atomic mass is 10.2. The normalized spacial score (nSPS) is 15.3. The van der Waals surface area contributed by atoms with Crippen molar-refractivity contribution in [3.8, 4) is 0 Å². The Bertz CT molecular complexity index is 499. The van der Waals surface area contributed by atoms with E-state index in [1.54, 1.807) is 19.3 Å². The lowest BCUT2D eigenvalue weighted by molar-refractivity contribution is -0.135. The summed E-state index contributed by atoms with van der Waals surface area (Å²) < 4.78 is 0. The number of carbonyl (C=O) groups excluding carboxylic acids is 3. The molecule has 0 aromatic carbocycles. The van der Waals surface area contributed by atoms with Crippen LogP contribution in [-0.4, -0.2) is 47.7 Å². The van der Waals surface area contributed by atoms with Gasteiger partial charge in [-0.25, -0.2) is 0 Å². The van der Waals surface area contributed by atoms with E-state index in [2.05, 4.69) is 15.6 Å². The number of pyridine rings is 1. The molecular formula is C11H12N4O3. The van der Waals surface area contributed by atoms with Crippen LogP contribution in [0.25, 0.3) is 0 Å². The van der Waals surface area contributed by atoms with E-state index in [9.17, 15) is 14.4 Å². The van der Waals surface area contributed by atoms with Gasteiger partial charge in [0.1, 0.15) is 13.1 Å². The minimum atomic E-state index is -0.477. The van der Waals surface area contributed by atoms with E-state index < -0.39 is 17.7 Å². The van der Waals surface area contributed by atoms with Crippen LogP contribution in [0.5, 0.6) is 0 Å². The minimum Gasteiger partial charge on any atom is -0.387 e. The minimum absolute atomic E-state index is 0.122. The van der Waals surface area contributed by atoms with E-state index in [1.807, 2.05) is 0 Å². The fourth-order valence-corrected chi connectivity index (χ4v) is 1.73. The Labute approximate surface area is 103 Å². The second-order valence-electron chi connectivity index (χ2n) is 3.80. The van der Waals surface area contributed by atoms with Crippen LogP contribution in [0, 0.1) is 0 Å². The molecule has 2 N–H and O–H groups in total. The van der Waals surface area contributed by atoms with Gasteiger partial charge in [-0.05, 0) is 6.07 Å². The van der Waals surface area contributed by atoms with Gasteiger partial charge < -0.3 is 10.2 Å². The third kappa shape index (κ3) is 2.29. The number of aromatic nitrogens is 1. The molecule has 3 amide bonds. The van der Waals surface area contributed by atoms with E-state index in [4.69, 9.17) is 0 Å². The van der Waals surface area contributed by atoms with Crippen LogP contribution in [0.1, 0.15) is 10.4 Å². The summed E-state index contributed by atoms with van der Waals surface area (Å²) >= 11 is 0. The van der Waals surface area contributed by atoms with Gasteiger partial charge in [0.2, 0.25) is 11.8 Å². The Kier molecular flexibility index (Phi) is 3.22. The van der Waals surface area contributed by atoms with Gasteiger partial charge >= 0.3 is 0 Å². The molecular weight excluding hydrogens is 236 g/mol. The van der Waals surface area contributed by atoms with Crippen molar-refractivity contribution >= 4 is 23.4 Å². The average molecular weight is 248 g/mol. The van der Waals surface area contributed by atoms with Gasteiger partial charge in [-0.3, -0.25) is 24.7 Å². The van der Waals surface area contributed by atoms with Crippen molar-refractivity contribution in [2.45, 2.75) is 0 Å². The summed E-state index contributed by atoms with van der Waals surface area (Å²) in [5, 5.41) is 5.01. The molecule has 0 spiro atoms. The maximum Gasteiger partial charge on any atom is 0.258 e. The van der Waals surface area contributed by atoms with Crippen molar-refractivity contribution in [2.24, 2.45) is 0 Å². The summed E-state index contributed by atoms with van der Waals surface area (Å²) in [4.78, 5) is 39.7. The van der Waals surface area contributed by atoms with Crippen LogP contribution in [0.2, 0.25) is 0 Å². The highest BCUT2D eigenvalue weighted by Crippen LogP contribution is 2.15. The fourth-order valence-electron chi connectivity index (χ4n) is 1.73. The number of piperazine rings is 1. The first-order valence-electron chi connectivity index (χ1n) is 5.35. The topological polar surface area (TPSA) is 91.4 Å². The van der Waals surface area contributed by atoms with Crippen LogP contribution < -0.4 is 10.6 Å². The molecule has 7 heteroatoms. The Balaban J connectivity index is 2.25. The summed E-state index contributed by atoms with van der Waals surface area (Å²) in [5.41, 5.74) is 0.941. The van der Waals surface area contributed by atoms with Gasteiger partial charge in [0, 0.05) is 25.1 Å². The number of imide groups is 1. The molecule has 2 rings (SSSR count). The Morgan fingerprint density at radius 2 is 2.06 bits per heavy atom. The van der Waals surface area contributed by atoms with Crippen LogP contribution in [0.4, 0.5) is 5.69 Å². The van der Waals surface area contributed by atoms with Gasteiger partial charge in [0.15, 0.2) is 0 Å². The van der Waals surface area contributed by atoms with E-state index >= 15 is 0 Å². The maximum atomic E-state index is 12.2. The number of amides is 3. The first-order chi connectivity index (χ1) is 8.61. The zero-order valence-corrected chi connectivity index (χ0v) is 9.77. The lowest BCUT2D eigenvalue weighted by Crippen LogP contribution is -2.53. The molecule has 0 bridgehead atoms.